The van der Waals surface area contributed by atoms with Gasteiger partial charge in [0.2, 0.25) is 0 Å². The van der Waals surface area contributed by atoms with E-state index in [1.165, 1.54) is 29.2 Å². The van der Waals surface area contributed by atoms with Crippen LogP contribution in [0, 0.1) is 12.7 Å². The predicted octanol–water partition coefficient (Wildman–Crippen LogP) is 4.10. The molecule has 25 heavy (non-hydrogen) atoms. The van der Waals surface area contributed by atoms with Gasteiger partial charge in [0, 0.05) is 17.7 Å². The zero-order valence-corrected chi connectivity index (χ0v) is 16.4. The van der Waals surface area contributed by atoms with Crippen molar-refractivity contribution in [3.63, 3.8) is 0 Å². The maximum absolute atomic E-state index is 14.4. The molecule has 0 radical (unpaired) electrons. The van der Waals surface area contributed by atoms with Crippen molar-refractivity contribution in [2.45, 2.75) is 32.2 Å². The summed E-state index contributed by atoms with van der Waals surface area (Å²) in [5.74, 6) is 0.486. The Morgan fingerprint density at radius 1 is 1.44 bits per heavy atom. The van der Waals surface area contributed by atoms with Gasteiger partial charge in [0.05, 0.1) is 21.6 Å². The molecule has 8 heteroatoms. The normalized spacial score (nSPS) is 19.9. The van der Waals surface area contributed by atoms with Crippen molar-refractivity contribution in [1.29, 1.82) is 0 Å². The van der Waals surface area contributed by atoms with Crippen molar-refractivity contribution in [2.75, 3.05) is 5.75 Å². The highest BCUT2D eigenvalue weighted by atomic mass is 35.5. The Hall–Kier alpha value is -1.44. The second-order valence-corrected chi connectivity index (χ2v) is 7.97. The second kappa shape index (κ2) is 7.85. The highest BCUT2D eigenvalue weighted by Gasteiger charge is 2.32. The lowest BCUT2D eigenvalue weighted by Crippen LogP contribution is -2.29. The molecule has 0 amide bonds. The number of nitrogens with zero attached hydrogens (tertiary/aromatic N) is 2. The highest BCUT2D eigenvalue weighted by Crippen LogP contribution is 2.36. The molecule has 0 bridgehead atoms. The van der Waals surface area contributed by atoms with Crippen LogP contribution in [0.1, 0.15) is 39.8 Å². The zero-order valence-electron chi connectivity index (χ0n) is 13.9. The molecule has 134 valence electrons. The van der Waals surface area contributed by atoms with Gasteiger partial charge in [-0.3, -0.25) is 9.79 Å². The summed E-state index contributed by atoms with van der Waals surface area (Å²) in [5.41, 5.74) is 8.82. The van der Waals surface area contributed by atoms with Crippen LogP contribution in [0.15, 0.2) is 28.7 Å². The fraction of sp³-hybridized carbons (Fsp3) is 0.353. The van der Waals surface area contributed by atoms with Gasteiger partial charge in [0.1, 0.15) is 5.82 Å². The molecule has 0 unspecified atom stereocenters. The molecule has 1 aromatic carbocycles. The Morgan fingerprint density at radius 2 is 2.20 bits per heavy atom. The quantitative estimate of drug-likeness (QED) is 0.785. The maximum atomic E-state index is 14.4. The number of nitrogens with two attached hydrogens (primary N) is 1. The Bertz CT molecular complexity index is 824. The van der Waals surface area contributed by atoms with E-state index in [4.69, 9.17) is 5.73 Å². The molecule has 0 saturated heterocycles. The number of halogens is 2. The minimum absolute atomic E-state index is 0. The van der Waals surface area contributed by atoms with Gasteiger partial charge in [-0.1, -0.05) is 17.8 Å². The average Bonchev–Trinajstić information content (AvgIpc) is 2.95. The lowest BCUT2D eigenvalue weighted by atomic mass is 9.87. The summed E-state index contributed by atoms with van der Waals surface area (Å²) in [5, 5.41) is 0.477. The van der Waals surface area contributed by atoms with Crippen molar-refractivity contribution >= 4 is 46.5 Å². The number of hydrogen-bond acceptors (Lipinski definition) is 6. The van der Waals surface area contributed by atoms with Gasteiger partial charge in [-0.25, -0.2) is 9.37 Å². The van der Waals surface area contributed by atoms with E-state index in [-0.39, 0.29) is 30.4 Å². The minimum Gasteiger partial charge on any atom is -0.379 e. The van der Waals surface area contributed by atoms with Gasteiger partial charge >= 0.3 is 0 Å². The molecule has 1 aliphatic rings. The number of amidine groups is 1. The maximum Gasteiger partial charge on any atom is 0.179 e. The number of aryl methyl sites for hydroxylation is 1. The molecule has 1 aromatic heterocycles. The fourth-order valence-electron chi connectivity index (χ4n) is 2.81. The highest BCUT2D eigenvalue weighted by molar-refractivity contribution is 8.13. The van der Waals surface area contributed by atoms with E-state index in [0.29, 0.717) is 22.0 Å². The van der Waals surface area contributed by atoms with Crippen LogP contribution in [0.5, 0.6) is 0 Å². The van der Waals surface area contributed by atoms with Crippen molar-refractivity contribution in [3.05, 3.63) is 51.2 Å². The van der Waals surface area contributed by atoms with Crippen LogP contribution in [0.25, 0.3) is 0 Å². The molecule has 1 aliphatic heterocycles. The molecular weight excluding hydrogens is 381 g/mol. The molecule has 2 N–H and O–H groups in total. The number of carbonyl (C=O) groups is 1. The number of benzene rings is 1. The first-order valence-electron chi connectivity index (χ1n) is 7.59. The first-order chi connectivity index (χ1) is 11.4. The second-order valence-electron chi connectivity index (χ2n) is 6.00. The summed E-state index contributed by atoms with van der Waals surface area (Å²) in [6, 6.07) is 4.81. The molecule has 1 atom stereocenters. The van der Waals surface area contributed by atoms with E-state index in [1.807, 2.05) is 13.8 Å². The van der Waals surface area contributed by atoms with Crippen molar-refractivity contribution in [1.82, 2.24) is 4.98 Å². The van der Waals surface area contributed by atoms with Crippen LogP contribution in [0.4, 0.5) is 4.39 Å². The third-order valence-corrected chi connectivity index (χ3v) is 5.94. The van der Waals surface area contributed by atoms with Gasteiger partial charge in [-0.05, 0) is 38.0 Å². The molecular formula is C17H19ClFN3OS2. The number of ketones is 1. The number of hydrogen-bond donors (Lipinski definition) is 1. The average molecular weight is 400 g/mol. The number of thioether (sulfide) groups is 1. The molecule has 0 spiro atoms. The predicted molar refractivity (Wildman–Crippen MR) is 105 cm³/mol. The van der Waals surface area contributed by atoms with E-state index in [1.54, 1.807) is 17.6 Å². The van der Waals surface area contributed by atoms with Crippen LogP contribution < -0.4 is 5.73 Å². The molecule has 0 aliphatic carbocycles. The lowest BCUT2D eigenvalue weighted by Gasteiger charge is -2.30. The van der Waals surface area contributed by atoms with Gasteiger partial charge in [-0.2, -0.15) is 0 Å². The van der Waals surface area contributed by atoms with Crippen LogP contribution in [0.2, 0.25) is 0 Å². The van der Waals surface area contributed by atoms with Crippen LogP contribution in [0.3, 0.4) is 0 Å². The summed E-state index contributed by atoms with van der Waals surface area (Å²) in [6.07, 6.45) is 0.932. The zero-order chi connectivity index (χ0) is 17.3. The fourth-order valence-corrected chi connectivity index (χ4v) is 4.53. The van der Waals surface area contributed by atoms with E-state index in [2.05, 4.69) is 9.98 Å². The summed E-state index contributed by atoms with van der Waals surface area (Å²) in [7, 11) is 0. The number of aromatic nitrogens is 1. The van der Waals surface area contributed by atoms with Gasteiger partial charge in [0.15, 0.2) is 11.0 Å². The number of carbonyl (C=O) groups excluding carboxylic acids is 1. The Labute approximate surface area is 160 Å². The number of rotatable bonds is 4. The van der Waals surface area contributed by atoms with E-state index in [9.17, 15) is 9.18 Å². The molecule has 0 saturated carbocycles. The third kappa shape index (κ3) is 4.22. The lowest BCUT2D eigenvalue weighted by molar-refractivity contribution is 0.0996. The topological polar surface area (TPSA) is 68.3 Å². The monoisotopic (exact) mass is 399 g/mol. The molecule has 0 fully saturated rings. The number of aliphatic imine (C=N–C) groups is 1. The Kier molecular flexibility index (Phi) is 6.24. The van der Waals surface area contributed by atoms with Crippen LogP contribution in [-0.4, -0.2) is 21.7 Å². The smallest absolute Gasteiger partial charge is 0.179 e. The van der Waals surface area contributed by atoms with Crippen molar-refractivity contribution in [2.24, 2.45) is 10.7 Å². The Balaban J connectivity index is 0.00000225. The molecule has 2 heterocycles. The molecule has 4 nitrogen and oxygen atoms in total. The van der Waals surface area contributed by atoms with Gasteiger partial charge < -0.3 is 5.73 Å². The van der Waals surface area contributed by atoms with E-state index >= 15 is 0 Å². The Morgan fingerprint density at radius 3 is 2.84 bits per heavy atom. The van der Waals surface area contributed by atoms with Crippen LogP contribution in [-0.2, 0) is 12.0 Å². The standard InChI is InChI=1S/C17H18FN3OS2.ClH/c1-10-15(24-9-20-10)14(22)8-11-3-4-13(18)12(7-11)17(2)5-6-23-16(19)21-17;/h3-4,7,9H,5-6,8H2,1-2H3,(H2,19,21);1H/t17-;/m0./s1. The SMILES string of the molecule is Cc1ncsc1C(=O)Cc1ccc(F)c([C@]2(C)CCSC(N)=N2)c1.Cl. The number of thiazole rings is 1. The summed E-state index contributed by atoms with van der Waals surface area (Å²) in [6.45, 7) is 3.70. The first-order valence-corrected chi connectivity index (χ1v) is 9.46. The third-order valence-electron chi connectivity index (χ3n) is 4.17. The van der Waals surface area contributed by atoms with Gasteiger partial charge in [0.25, 0.3) is 0 Å². The molecule has 2 aromatic rings. The van der Waals surface area contributed by atoms with E-state index < -0.39 is 5.54 Å². The minimum atomic E-state index is -0.682. The van der Waals surface area contributed by atoms with Crippen molar-refractivity contribution in [3.8, 4) is 0 Å². The first kappa shape index (κ1) is 19.9. The summed E-state index contributed by atoms with van der Waals surface area (Å²) < 4.78 is 14.4. The number of Topliss-reactive ketones (excluding diaryl/α,β-unsaturated/α-hetero) is 1. The van der Waals surface area contributed by atoms with Crippen LogP contribution >= 0.6 is 35.5 Å². The van der Waals surface area contributed by atoms with Gasteiger partial charge in [-0.15, -0.1) is 23.7 Å². The van der Waals surface area contributed by atoms with E-state index in [0.717, 1.165) is 17.0 Å². The summed E-state index contributed by atoms with van der Waals surface area (Å²) >= 11 is 2.82. The van der Waals surface area contributed by atoms with Crippen molar-refractivity contribution < 1.29 is 9.18 Å². The summed E-state index contributed by atoms with van der Waals surface area (Å²) in [4.78, 5) is 21.6. The largest absolute Gasteiger partial charge is 0.379 e. The molecule has 3 rings (SSSR count).